The second kappa shape index (κ2) is 13.7. The van der Waals surface area contributed by atoms with Gasteiger partial charge < -0.3 is 10.1 Å². The van der Waals surface area contributed by atoms with E-state index in [9.17, 15) is 9.59 Å². The highest BCUT2D eigenvalue weighted by Gasteiger charge is 2.45. The number of amides is 1. The van der Waals surface area contributed by atoms with Gasteiger partial charge in [-0.25, -0.2) is 4.79 Å². The van der Waals surface area contributed by atoms with Crippen LogP contribution in [0.15, 0.2) is 60.7 Å². The van der Waals surface area contributed by atoms with Crippen molar-refractivity contribution < 1.29 is 14.3 Å². The van der Waals surface area contributed by atoms with E-state index in [2.05, 4.69) is 49.8 Å². The van der Waals surface area contributed by atoms with Gasteiger partial charge in [0.05, 0.1) is 6.54 Å². The van der Waals surface area contributed by atoms with Gasteiger partial charge in [0.25, 0.3) is 0 Å². The summed E-state index contributed by atoms with van der Waals surface area (Å²) in [7, 11) is 0. The van der Waals surface area contributed by atoms with Gasteiger partial charge in [0.2, 0.25) is 5.91 Å². The molecule has 1 amide bonds. The van der Waals surface area contributed by atoms with E-state index in [1.54, 1.807) is 0 Å². The Hall–Kier alpha value is -1.97. The highest BCUT2D eigenvalue weighted by molar-refractivity contribution is 14.1. The quantitative estimate of drug-likeness (QED) is 0.230. The highest BCUT2D eigenvalue weighted by atomic mass is 127. The Balaban J connectivity index is 1.49. The van der Waals surface area contributed by atoms with E-state index in [1.165, 1.54) is 12.8 Å². The molecule has 0 saturated carbocycles. The predicted octanol–water partition coefficient (Wildman–Crippen LogP) is 5.48. The molecule has 2 unspecified atom stereocenters. The third-order valence-corrected chi connectivity index (χ3v) is 8.54. The summed E-state index contributed by atoms with van der Waals surface area (Å²) in [6, 6.07) is 19.6. The lowest BCUT2D eigenvalue weighted by atomic mass is 9.88. The number of carbonyl (C=O) groups is 2. The predicted molar refractivity (Wildman–Crippen MR) is 157 cm³/mol. The first kappa shape index (κ1) is 28.0. The average Bonchev–Trinajstić information content (AvgIpc) is 3.21. The molecule has 3 atom stereocenters. The fourth-order valence-electron chi connectivity index (χ4n) is 5.66. The summed E-state index contributed by atoms with van der Waals surface area (Å²) in [5.41, 5.74) is 0.960. The molecule has 0 aliphatic carbocycles. The first-order chi connectivity index (χ1) is 18.0. The molecule has 2 heterocycles. The number of nitrogens with one attached hydrogen (secondary N) is 1. The van der Waals surface area contributed by atoms with Crippen molar-refractivity contribution >= 4 is 40.2 Å². The lowest BCUT2D eigenvalue weighted by molar-refractivity contribution is -0.170. The minimum atomic E-state index is -0.826. The van der Waals surface area contributed by atoms with Crippen molar-refractivity contribution in [2.75, 3.05) is 42.5 Å². The van der Waals surface area contributed by atoms with E-state index in [-0.39, 0.29) is 18.0 Å². The van der Waals surface area contributed by atoms with Gasteiger partial charge >= 0.3 is 5.97 Å². The van der Waals surface area contributed by atoms with Gasteiger partial charge in [0.15, 0.2) is 0 Å². The van der Waals surface area contributed by atoms with Crippen molar-refractivity contribution in [2.45, 2.75) is 57.1 Å². The maximum Gasteiger partial charge on any atom is 0.331 e. The van der Waals surface area contributed by atoms with Gasteiger partial charge in [-0.05, 0) is 80.3 Å². The van der Waals surface area contributed by atoms with Crippen LogP contribution in [0.5, 0.6) is 0 Å². The topological polar surface area (TPSA) is 61.9 Å². The second-order valence-corrected chi connectivity index (χ2v) is 11.5. The smallest absolute Gasteiger partial charge is 0.331 e. The third kappa shape index (κ3) is 7.33. The molecule has 0 bridgehead atoms. The van der Waals surface area contributed by atoms with Gasteiger partial charge in [-0.3, -0.25) is 14.6 Å². The van der Waals surface area contributed by atoms with Crippen molar-refractivity contribution in [1.29, 1.82) is 0 Å². The van der Waals surface area contributed by atoms with Crippen LogP contribution in [-0.4, -0.2) is 64.9 Å². The molecular weight excluding hydrogens is 577 g/mol. The Morgan fingerprint density at radius 1 is 0.973 bits per heavy atom. The molecule has 2 aromatic carbocycles. The van der Waals surface area contributed by atoms with Gasteiger partial charge in [-0.1, -0.05) is 84.0 Å². The first-order valence-electron chi connectivity index (χ1n) is 13.7. The summed E-state index contributed by atoms with van der Waals surface area (Å²) < 4.78 is 7.46. The largest absolute Gasteiger partial charge is 0.459 e. The molecule has 1 N–H and O–H groups in total. The van der Waals surface area contributed by atoms with Crippen molar-refractivity contribution in [3.05, 3.63) is 66.2 Å². The van der Waals surface area contributed by atoms with E-state index in [1.807, 2.05) is 55.5 Å². The number of nitrogens with zero attached hydrogens (tertiary/aromatic N) is 2. The van der Waals surface area contributed by atoms with Crippen LogP contribution < -0.4 is 5.32 Å². The zero-order valence-electron chi connectivity index (χ0n) is 21.9. The molecule has 7 heteroatoms. The van der Waals surface area contributed by atoms with E-state index in [0.717, 1.165) is 61.0 Å². The minimum absolute atomic E-state index is 0.0395. The fraction of sp³-hybridized carbons (Fsp3) is 0.533. The van der Waals surface area contributed by atoms with Crippen LogP contribution in [0.2, 0.25) is 0 Å². The molecule has 0 spiro atoms. The van der Waals surface area contributed by atoms with Crippen LogP contribution in [0.25, 0.3) is 0 Å². The number of esters is 1. The molecule has 2 aromatic rings. The van der Waals surface area contributed by atoms with Crippen LogP contribution in [0.1, 0.15) is 51.0 Å². The number of piperidine rings is 1. The first-order valence-corrected chi connectivity index (χ1v) is 15.2. The fourth-order valence-corrected chi connectivity index (χ4v) is 6.46. The molecule has 200 valence electrons. The number of benzene rings is 2. The van der Waals surface area contributed by atoms with Gasteiger partial charge in [-0.15, -0.1) is 0 Å². The zero-order valence-corrected chi connectivity index (χ0v) is 24.1. The number of hydrogen-bond acceptors (Lipinski definition) is 5. The van der Waals surface area contributed by atoms with Gasteiger partial charge in [0, 0.05) is 12.2 Å². The summed E-state index contributed by atoms with van der Waals surface area (Å²) in [4.78, 5) is 31.3. The number of halogens is 1. The van der Waals surface area contributed by atoms with Crippen molar-refractivity contribution in [3.8, 4) is 0 Å². The Labute approximate surface area is 235 Å². The molecule has 4 rings (SSSR count). The Morgan fingerprint density at radius 3 is 2.27 bits per heavy atom. The standard InChI is InChI=1S/C30H40IN3O3/c1-30(25-12-6-4-7-13-25,34-19-10-2-3-11-20-34)29(36)37-27-22-33(21-17-24(27)16-18-31)23-28(35)32-26-14-8-5-9-15-26/h4-9,12-15,24,27H,2-3,10-11,16-23H2,1H3,(H,32,35)/t24?,27-,30?/m0/s1. The van der Waals surface area contributed by atoms with Crippen molar-refractivity contribution in [1.82, 2.24) is 9.80 Å². The normalized spacial score (nSPS) is 23.0. The summed E-state index contributed by atoms with van der Waals surface area (Å²) in [6.07, 6.45) is 6.31. The van der Waals surface area contributed by atoms with E-state index < -0.39 is 5.54 Å². The van der Waals surface area contributed by atoms with Crippen LogP contribution in [-0.2, 0) is 19.9 Å². The number of hydrogen-bond donors (Lipinski definition) is 1. The van der Waals surface area contributed by atoms with Crippen molar-refractivity contribution in [2.24, 2.45) is 5.92 Å². The molecule has 37 heavy (non-hydrogen) atoms. The molecular formula is C30H40IN3O3. The molecule has 2 saturated heterocycles. The molecule has 0 radical (unpaired) electrons. The minimum Gasteiger partial charge on any atom is -0.459 e. The lowest BCUT2D eigenvalue weighted by Gasteiger charge is -2.43. The number of rotatable bonds is 9. The van der Waals surface area contributed by atoms with E-state index in [0.29, 0.717) is 19.0 Å². The second-order valence-electron chi connectivity index (χ2n) is 10.5. The van der Waals surface area contributed by atoms with E-state index >= 15 is 0 Å². The van der Waals surface area contributed by atoms with Gasteiger partial charge in [-0.2, -0.15) is 0 Å². The Morgan fingerprint density at radius 2 is 1.62 bits per heavy atom. The summed E-state index contributed by atoms with van der Waals surface area (Å²) in [5.74, 6) is 0.0976. The molecule has 2 fully saturated rings. The average molecular weight is 618 g/mol. The van der Waals surface area contributed by atoms with Gasteiger partial charge in [0.1, 0.15) is 11.6 Å². The number of carbonyl (C=O) groups excluding carboxylic acids is 2. The molecule has 6 nitrogen and oxygen atoms in total. The van der Waals surface area contributed by atoms with Crippen LogP contribution in [0, 0.1) is 5.92 Å². The number of ether oxygens (including phenoxy) is 1. The monoisotopic (exact) mass is 617 g/mol. The van der Waals surface area contributed by atoms with Crippen LogP contribution in [0.4, 0.5) is 5.69 Å². The van der Waals surface area contributed by atoms with Crippen LogP contribution in [0.3, 0.4) is 0 Å². The Kier molecular flexibility index (Phi) is 10.4. The van der Waals surface area contributed by atoms with Crippen LogP contribution >= 0.6 is 22.6 Å². The zero-order chi connectivity index (χ0) is 26.1. The summed E-state index contributed by atoms with van der Waals surface area (Å²) >= 11 is 2.41. The lowest BCUT2D eigenvalue weighted by Crippen LogP contribution is -2.54. The van der Waals surface area contributed by atoms with Crippen molar-refractivity contribution in [3.63, 3.8) is 0 Å². The Bertz CT molecular complexity index is 998. The number of likely N-dealkylation sites (tertiary alicyclic amines) is 2. The maximum atomic E-state index is 14.1. The summed E-state index contributed by atoms with van der Waals surface area (Å²) in [6.45, 7) is 5.54. The number of para-hydroxylation sites is 1. The maximum absolute atomic E-state index is 14.1. The SMILES string of the molecule is CC(C(=O)O[C@H]1CN(CC(=O)Nc2ccccc2)CCC1CCI)(c1ccccc1)N1CCCCCC1. The number of alkyl halides is 1. The molecule has 0 aromatic heterocycles. The van der Waals surface area contributed by atoms with E-state index in [4.69, 9.17) is 4.74 Å². The molecule has 2 aliphatic heterocycles. The summed E-state index contributed by atoms with van der Waals surface area (Å²) in [5, 5.41) is 2.98. The number of anilines is 1. The third-order valence-electron chi connectivity index (χ3n) is 7.92. The highest BCUT2D eigenvalue weighted by Crippen LogP contribution is 2.34. The molecule has 2 aliphatic rings.